The van der Waals surface area contributed by atoms with E-state index in [9.17, 15) is 9.90 Å². The van der Waals surface area contributed by atoms with Gasteiger partial charge in [0.1, 0.15) is 28.3 Å². The number of nitrogens with one attached hydrogen (secondary N) is 2. The first-order valence-electron chi connectivity index (χ1n) is 29.3. The number of nitrogens with zero attached hydrogens (tertiary/aromatic N) is 4. The van der Waals surface area contributed by atoms with Crippen LogP contribution in [0.2, 0.25) is 0 Å². The number of benzene rings is 9. The van der Waals surface area contributed by atoms with Gasteiger partial charge in [-0.25, -0.2) is 9.78 Å². The highest BCUT2D eigenvalue weighted by molar-refractivity contribution is 8.00. The number of thioether (sulfide) groups is 1. The highest BCUT2D eigenvalue weighted by Crippen LogP contribution is 2.45. The van der Waals surface area contributed by atoms with E-state index in [0.717, 1.165) is 44.5 Å². The number of pyridine rings is 1. The molecule has 1 saturated heterocycles. The lowest BCUT2D eigenvalue weighted by Gasteiger charge is -2.49. The van der Waals surface area contributed by atoms with Crippen LogP contribution in [0.1, 0.15) is 56.3 Å². The molecule has 2 amide bonds. The number of thiazole rings is 1. The Morgan fingerprint density at radius 2 is 1.13 bits per heavy atom. The number of hydrogen-bond donors (Lipinski definition) is 3. The van der Waals surface area contributed by atoms with Crippen LogP contribution in [0.25, 0.3) is 11.1 Å². The molecule has 2 atom stereocenters. The molecule has 8 aromatic carbocycles. The number of phenols is 1. The second kappa shape index (κ2) is 25.8. The first-order chi connectivity index (χ1) is 44.2. The third-order valence-electron chi connectivity index (χ3n) is 16.1. The molecule has 3 aliphatic heterocycles. The summed E-state index contributed by atoms with van der Waals surface area (Å²) in [6.07, 6.45) is 6.48. The van der Waals surface area contributed by atoms with Gasteiger partial charge in [-0.2, -0.15) is 0 Å². The Bertz CT molecular complexity index is 4230. The normalized spacial score (nSPS) is 15.1. The third kappa shape index (κ3) is 11.5. The van der Waals surface area contributed by atoms with E-state index < -0.39 is 51.9 Å². The van der Waals surface area contributed by atoms with Crippen molar-refractivity contribution in [3.63, 3.8) is 0 Å². The predicted molar refractivity (Wildman–Crippen MR) is 353 cm³/mol. The van der Waals surface area contributed by atoms with Gasteiger partial charge in [0, 0.05) is 52.3 Å². The molecular formula is C75H58N6O7S2. The number of oxime groups is 1. The number of rotatable bonds is 20. The summed E-state index contributed by atoms with van der Waals surface area (Å²) in [5.74, 6) is -2.10. The van der Waals surface area contributed by atoms with Crippen molar-refractivity contribution in [2.45, 2.75) is 35.2 Å². The molecule has 0 bridgehead atoms. The highest BCUT2D eigenvalue weighted by atomic mass is 32.2. The van der Waals surface area contributed by atoms with Crippen molar-refractivity contribution in [1.82, 2.24) is 19.8 Å². The van der Waals surface area contributed by atoms with Crippen LogP contribution in [0.15, 0.2) is 312 Å². The van der Waals surface area contributed by atoms with Gasteiger partial charge in [-0.05, 0) is 57.2 Å². The number of esters is 1. The van der Waals surface area contributed by atoms with Crippen molar-refractivity contribution in [1.29, 1.82) is 0 Å². The summed E-state index contributed by atoms with van der Waals surface area (Å²) in [6, 6.07) is 81.8. The molecule has 1 aromatic heterocycles. The maximum absolute atomic E-state index is 15.7. The minimum absolute atomic E-state index is 0.0447. The smallest absolute Gasteiger partial charge is 0.356 e. The zero-order valence-corrected chi connectivity index (χ0v) is 50.0. The van der Waals surface area contributed by atoms with Gasteiger partial charge in [0.15, 0.2) is 22.7 Å². The number of β-lactam (4-membered cyclic amide) rings is 1. The van der Waals surface area contributed by atoms with E-state index in [1.165, 1.54) is 40.1 Å². The molecule has 0 radical (unpaired) electrons. The summed E-state index contributed by atoms with van der Waals surface area (Å²) in [6.45, 7) is 0.336. The minimum Gasteiger partial charge on any atom is -0.504 e. The maximum Gasteiger partial charge on any atom is 0.356 e. The first-order valence-corrected chi connectivity index (χ1v) is 31.2. The van der Waals surface area contributed by atoms with Gasteiger partial charge in [0.2, 0.25) is 11.0 Å². The quantitative estimate of drug-likeness (QED) is 0.0220. The lowest BCUT2D eigenvalue weighted by Crippen LogP contribution is -2.71. The first kappa shape index (κ1) is 58.2. The average molecular weight is 1220 g/mol. The predicted octanol–water partition coefficient (Wildman–Crippen LogP) is 13.5. The fourth-order valence-corrected chi connectivity index (χ4v) is 13.8. The number of ether oxygens (including phenoxy) is 1. The largest absolute Gasteiger partial charge is 0.504 e. The second-order valence-corrected chi connectivity index (χ2v) is 23.6. The van der Waals surface area contributed by atoms with Gasteiger partial charge in [-0.1, -0.05) is 260 Å². The summed E-state index contributed by atoms with van der Waals surface area (Å²) in [5, 5.41) is 23.5. The number of aromatic nitrogens is 2. The van der Waals surface area contributed by atoms with Gasteiger partial charge in [-0.3, -0.25) is 19.3 Å². The van der Waals surface area contributed by atoms with Crippen molar-refractivity contribution in [2.75, 3.05) is 11.1 Å². The maximum atomic E-state index is 15.7. The van der Waals surface area contributed by atoms with E-state index in [-0.39, 0.29) is 28.6 Å². The molecule has 0 spiro atoms. The Labute approximate surface area is 528 Å². The van der Waals surface area contributed by atoms with Crippen molar-refractivity contribution < 1.29 is 29.1 Å². The molecule has 442 valence electrons. The molecule has 90 heavy (non-hydrogen) atoms. The number of aromatic hydroxyl groups is 1. The number of fused-ring (bicyclic) bond motifs is 2. The Kier molecular flexibility index (Phi) is 16.7. The molecule has 0 saturated carbocycles. The van der Waals surface area contributed by atoms with E-state index in [4.69, 9.17) is 19.7 Å². The van der Waals surface area contributed by atoms with E-state index in [1.807, 2.05) is 235 Å². The van der Waals surface area contributed by atoms with Crippen LogP contribution in [0.5, 0.6) is 5.75 Å². The van der Waals surface area contributed by atoms with Gasteiger partial charge in [0.25, 0.3) is 11.8 Å². The molecular weight excluding hydrogens is 1160 g/mol. The number of allylic oxidation sites excluding steroid dienone is 2. The van der Waals surface area contributed by atoms with E-state index in [0.29, 0.717) is 28.4 Å². The van der Waals surface area contributed by atoms with Crippen molar-refractivity contribution in [3.05, 3.63) is 362 Å². The summed E-state index contributed by atoms with van der Waals surface area (Å²) in [7, 11) is 0. The Hall–Kier alpha value is -10.9. The van der Waals surface area contributed by atoms with Gasteiger partial charge >= 0.3 is 5.97 Å². The van der Waals surface area contributed by atoms with Crippen molar-refractivity contribution >= 4 is 51.7 Å². The zero-order valence-electron chi connectivity index (χ0n) is 48.4. The van der Waals surface area contributed by atoms with E-state index >= 15 is 14.4 Å². The summed E-state index contributed by atoms with van der Waals surface area (Å²) in [4.78, 5) is 71.9. The number of phenolic OH excluding ortho intramolecular Hbond substituents is 1. The van der Waals surface area contributed by atoms with E-state index in [1.54, 1.807) is 11.4 Å². The Balaban J connectivity index is 0.884. The molecule has 1 aliphatic carbocycles. The summed E-state index contributed by atoms with van der Waals surface area (Å²) >= 11 is 2.69. The molecule has 13 nitrogen and oxygen atoms in total. The monoisotopic (exact) mass is 1220 g/mol. The minimum atomic E-state index is -1.41. The number of carbonyl (C=O) groups is 3. The van der Waals surface area contributed by atoms with Crippen LogP contribution < -0.4 is 16.1 Å². The molecule has 4 heterocycles. The standard InChI is InChI=1S/C75H58N6O7S2/c82-63-46-53-43-45-80(48-55(53)47-64(63)83)44-25-30-54-49-89-71-66(70(85)81(71)67(54)72(86)87-68(51-26-9-1-10-27-51)52-28-11-2-12-29-52)77-69(84)65(79-88-75(59-37-19-6-20-38-59,60-39-21-7-22-40-60)61-41-23-8-24-42-61)62-50-90-73(76-62)78-74(56-31-13-3-14-32-56,57-33-15-4-16-34-57)58-35-17-5-18-36-58/h1-43,45-48,50,66,68,71,83H,44,49H2,(H,76,78)(H,77,84)/b30-25+,79-65-/t66?,71-/m1/s1. The fourth-order valence-electron chi connectivity index (χ4n) is 11.8. The van der Waals surface area contributed by atoms with Crippen LogP contribution in [0.4, 0.5) is 5.13 Å². The SMILES string of the molecule is O=C(OC(c1ccccc1)c1ccccc1)C1=C(/C=C/Cn2ccc3cc(=O)c(O)cc-3c2)CS[C@@H]2C(NC(=O)/C(=N\OC(c3ccccc3)(c3ccccc3)c3ccccc3)c3csc(NC(c4ccccc4)(c4ccccc4)c4ccccc4)n3)C(=O)N12. The molecule has 3 N–H and O–H groups in total. The third-order valence-corrected chi connectivity index (χ3v) is 18.2. The number of carbonyl (C=O) groups excluding carboxylic acids is 3. The van der Waals surface area contributed by atoms with Gasteiger partial charge in [-0.15, -0.1) is 23.1 Å². The number of anilines is 1. The zero-order chi connectivity index (χ0) is 61.4. The van der Waals surface area contributed by atoms with Crippen molar-refractivity contribution in [2.24, 2.45) is 5.16 Å². The van der Waals surface area contributed by atoms with Crippen LogP contribution in [-0.4, -0.2) is 60.2 Å². The molecule has 13 rings (SSSR count). The molecule has 1 fully saturated rings. The van der Waals surface area contributed by atoms with Crippen molar-refractivity contribution in [3.8, 4) is 16.9 Å². The summed E-state index contributed by atoms with van der Waals surface area (Å²) < 4.78 is 8.39. The fraction of sp³-hybridized carbons (Fsp3) is 0.0933. The molecule has 1 unspecified atom stereocenters. The Morgan fingerprint density at radius 3 is 1.64 bits per heavy atom. The Morgan fingerprint density at radius 1 is 0.644 bits per heavy atom. The summed E-state index contributed by atoms with van der Waals surface area (Å²) in [5.41, 5.74) is 5.57. The average Bonchev–Trinajstić information content (AvgIpc) is 0.807. The number of hydrogen-bond acceptors (Lipinski definition) is 12. The molecule has 9 aromatic rings. The molecule has 15 heteroatoms. The van der Waals surface area contributed by atoms with E-state index in [2.05, 4.69) is 47.0 Å². The lowest BCUT2D eigenvalue weighted by molar-refractivity contribution is -0.154. The highest BCUT2D eigenvalue weighted by Gasteiger charge is 2.55. The van der Waals surface area contributed by atoms with Gasteiger partial charge in [0.05, 0.1) is 0 Å². The number of amides is 2. The van der Waals surface area contributed by atoms with Crippen LogP contribution >= 0.6 is 23.1 Å². The van der Waals surface area contributed by atoms with Crippen LogP contribution in [0.3, 0.4) is 0 Å². The van der Waals surface area contributed by atoms with Gasteiger partial charge < -0.3 is 29.9 Å². The lowest BCUT2D eigenvalue weighted by atomic mass is 9.77. The van der Waals surface area contributed by atoms with Crippen LogP contribution in [-0.2, 0) is 41.6 Å². The second-order valence-electron chi connectivity index (χ2n) is 21.7. The van der Waals surface area contributed by atoms with Crippen LogP contribution in [0, 0.1) is 0 Å². The molecule has 4 aliphatic rings. The topological polar surface area (TPSA) is 164 Å².